The normalized spacial score (nSPS) is 21.1. The first kappa shape index (κ1) is 25.8. The third-order valence-corrected chi connectivity index (χ3v) is 8.34. The van der Waals surface area contributed by atoms with Crippen LogP contribution in [-0.2, 0) is 16.8 Å². The van der Waals surface area contributed by atoms with Crippen LogP contribution in [0, 0.1) is 17.6 Å². The van der Waals surface area contributed by atoms with Crippen molar-refractivity contribution in [2.24, 2.45) is 11.7 Å². The van der Waals surface area contributed by atoms with Crippen molar-refractivity contribution in [3.8, 4) is 11.3 Å². The number of hydrogen-bond acceptors (Lipinski definition) is 6. The van der Waals surface area contributed by atoms with Crippen LogP contribution in [0.1, 0.15) is 56.0 Å². The number of benzene rings is 1. The van der Waals surface area contributed by atoms with E-state index in [1.54, 1.807) is 36.2 Å². The average molecular weight is 533 g/mol. The third-order valence-electron chi connectivity index (χ3n) is 8.34. The summed E-state index contributed by atoms with van der Waals surface area (Å²) < 4.78 is 38.3. The molecule has 6 rings (SSSR count). The molecule has 1 saturated heterocycles. The molecule has 7 nitrogen and oxygen atoms in total. The fourth-order valence-electron chi connectivity index (χ4n) is 6.46. The molecule has 0 spiro atoms. The van der Waals surface area contributed by atoms with Crippen molar-refractivity contribution >= 4 is 11.2 Å². The van der Waals surface area contributed by atoms with Crippen molar-refractivity contribution in [2.45, 2.75) is 57.1 Å². The van der Waals surface area contributed by atoms with Crippen LogP contribution in [0.4, 0.5) is 14.5 Å². The molecule has 0 radical (unpaired) electrons. The number of methoxy groups -OCH3 is 1. The first-order chi connectivity index (χ1) is 18.9. The van der Waals surface area contributed by atoms with E-state index in [0.29, 0.717) is 23.7 Å². The molecule has 9 heteroatoms. The maximum Gasteiger partial charge on any atom is 0.136 e. The fourth-order valence-corrected chi connectivity index (χ4v) is 6.46. The lowest BCUT2D eigenvalue weighted by molar-refractivity contribution is -0.00914. The van der Waals surface area contributed by atoms with Gasteiger partial charge < -0.3 is 15.4 Å². The van der Waals surface area contributed by atoms with Gasteiger partial charge in [0.1, 0.15) is 17.5 Å². The Labute approximate surface area is 227 Å². The molecular formula is C30H34F2N6O. The Morgan fingerprint density at radius 2 is 1.85 bits per heavy atom. The molecule has 2 atom stereocenters. The molecule has 204 valence electrons. The van der Waals surface area contributed by atoms with Gasteiger partial charge in [-0.25, -0.2) is 18.3 Å². The van der Waals surface area contributed by atoms with Crippen LogP contribution in [0.5, 0.6) is 0 Å². The zero-order valence-corrected chi connectivity index (χ0v) is 22.4. The van der Waals surface area contributed by atoms with Crippen LogP contribution < -0.4 is 10.6 Å². The summed E-state index contributed by atoms with van der Waals surface area (Å²) in [5.41, 5.74) is 9.11. The minimum Gasteiger partial charge on any atom is -0.374 e. The predicted octanol–water partition coefficient (Wildman–Crippen LogP) is 5.25. The monoisotopic (exact) mass is 532 g/mol. The Bertz CT molecular complexity index is 1470. The van der Waals surface area contributed by atoms with Crippen molar-refractivity contribution in [2.75, 3.05) is 25.1 Å². The fraction of sp³-hybridized carbons (Fsp3) is 0.433. The number of pyridine rings is 1. The minimum absolute atomic E-state index is 0.120. The Hall–Kier alpha value is -3.43. The summed E-state index contributed by atoms with van der Waals surface area (Å²) in [4.78, 5) is 11.3. The molecule has 1 saturated carbocycles. The number of nitrogens with zero attached hydrogens (tertiary/aromatic N) is 5. The number of anilines is 1. The first-order valence-corrected chi connectivity index (χ1v) is 13.7. The highest BCUT2D eigenvalue weighted by molar-refractivity contribution is 5.64. The van der Waals surface area contributed by atoms with Gasteiger partial charge in [-0.15, -0.1) is 0 Å². The number of fused-ring (bicyclic) bond motifs is 1. The highest BCUT2D eigenvalue weighted by Gasteiger charge is 2.37. The summed E-state index contributed by atoms with van der Waals surface area (Å²) in [6.45, 7) is 3.92. The molecule has 4 heterocycles. The zero-order valence-electron chi connectivity index (χ0n) is 22.4. The summed E-state index contributed by atoms with van der Waals surface area (Å²) in [6, 6.07) is 8.36. The predicted molar refractivity (Wildman–Crippen MR) is 147 cm³/mol. The molecule has 0 amide bonds. The van der Waals surface area contributed by atoms with E-state index in [0.717, 1.165) is 62.0 Å². The van der Waals surface area contributed by atoms with Gasteiger partial charge in [-0.1, -0.05) is 19.8 Å². The lowest BCUT2D eigenvalue weighted by Crippen LogP contribution is -2.46. The Kier molecular flexibility index (Phi) is 6.81. The van der Waals surface area contributed by atoms with Gasteiger partial charge in [-0.2, -0.15) is 5.10 Å². The van der Waals surface area contributed by atoms with Gasteiger partial charge in [-0.3, -0.25) is 4.98 Å². The smallest absolute Gasteiger partial charge is 0.136 e. The van der Waals surface area contributed by atoms with Gasteiger partial charge in [0, 0.05) is 56.3 Å². The minimum atomic E-state index is -0.646. The number of aromatic nitrogens is 4. The first-order valence-electron chi connectivity index (χ1n) is 13.7. The molecule has 4 aromatic rings. The van der Waals surface area contributed by atoms with Crippen molar-refractivity contribution in [1.29, 1.82) is 0 Å². The highest BCUT2D eigenvalue weighted by Crippen LogP contribution is 2.43. The van der Waals surface area contributed by atoms with Crippen LogP contribution >= 0.6 is 0 Å². The van der Waals surface area contributed by atoms with E-state index >= 15 is 8.78 Å². The summed E-state index contributed by atoms with van der Waals surface area (Å²) >= 11 is 0. The lowest BCUT2D eigenvalue weighted by atomic mass is 9.90. The number of rotatable bonds is 6. The standard InChI is InChI=1S/C30H34F2N6O/c1-19-11-22(33)18-37(17-19)27-7-10-34-15-20(27)12-28-35-16-23-5-6-26(36-38(23)28)29-24(31)13-21(14-25(29)32)30(39-2)8-3-4-9-30/h5-7,10,13-16,19,22H,3-4,8-9,11-12,17-18,33H2,1-2H3/t19-,22+/m1/s1. The van der Waals surface area contributed by atoms with Crippen molar-refractivity contribution < 1.29 is 13.5 Å². The average Bonchev–Trinajstić information content (AvgIpc) is 3.56. The molecule has 2 aliphatic rings. The maximum absolute atomic E-state index is 15.5. The van der Waals surface area contributed by atoms with Crippen LogP contribution in [0.2, 0.25) is 0 Å². The zero-order chi connectivity index (χ0) is 27.1. The summed E-state index contributed by atoms with van der Waals surface area (Å²) in [5, 5.41) is 4.64. The van der Waals surface area contributed by atoms with Gasteiger partial charge in [0.15, 0.2) is 0 Å². The number of halogens is 2. The van der Waals surface area contributed by atoms with Gasteiger partial charge >= 0.3 is 0 Å². The highest BCUT2D eigenvalue weighted by atomic mass is 19.1. The number of hydrogen-bond donors (Lipinski definition) is 1. The SMILES string of the molecule is COC1(c2cc(F)c(-c3ccc4cnc(Cc5cnccc5N5C[C@H](C)C[C@H](N)C5)n4n3)c(F)c2)CCCC1. The van der Waals surface area contributed by atoms with E-state index in [9.17, 15) is 0 Å². The largest absolute Gasteiger partial charge is 0.374 e. The van der Waals surface area contributed by atoms with Crippen LogP contribution in [0.25, 0.3) is 16.8 Å². The van der Waals surface area contributed by atoms with Gasteiger partial charge in [0.05, 0.1) is 28.6 Å². The number of imidazole rings is 1. The quantitative estimate of drug-likeness (QED) is 0.365. The van der Waals surface area contributed by atoms with E-state index in [-0.39, 0.29) is 17.3 Å². The van der Waals surface area contributed by atoms with E-state index in [2.05, 4.69) is 26.9 Å². The molecule has 1 aliphatic carbocycles. The molecule has 3 aromatic heterocycles. The number of ether oxygens (including phenoxy) is 1. The molecule has 39 heavy (non-hydrogen) atoms. The number of piperidine rings is 1. The molecule has 0 bridgehead atoms. The summed E-state index contributed by atoms with van der Waals surface area (Å²) in [5.74, 6) is -0.133. The van der Waals surface area contributed by atoms with Crippen LogP contribution in [0.15, 0.2) is 48.9 Å². The van der Waals surface area contributed by atoms with E-state index in [1.807, 2.05) is 12.3 Å². The maximum atomic E-state index is 15.5. The molecule has 1 aliphatic heterocycles. The second-order valence-electron chi connectivity index (χ2n) is 11.1. The Morgan fingerprint density at radius 3 is 2.56 bits per heavy atom. The van der Waals surface area contributed by atoms with Crippen molar-refractivity contribution in [1.82, 2.24) is 19.6 Å². The second-order valence-corrected chi connectivity index (χ2v) is 11.1. The number of nitrogens with two attached hydrogens (primary N) is 1. The van der Waals surface area contributed by atoms with E-state index in [4.69, 9.17) is 10.5 Å². The molecular weight excluding hydrogens is 498 g/mol. The molecule has 2 N–H and O–H groups in total. The lowest BCUT2D eigenvalue weighted by Gasteiger charge is -2.37. The molecule has 1 aromatic carbocycles. The van der Waals surface area contributed by atoms with Crippen molar-refractivity contribution in [3.63, 3.8) is 0 Å². The molecule has 0 unspecified atom stereocenters. The summed E-state index contributed by atoms with van der Waals surface area (Å²) in [7, 11) is 1.61. The van der Waals surface area contributed by atoms with Gasteiger partial charge in [0.25, 0.3) is 0 Å². The van der Waals surface area contributed by atoms with Gasteiger partial charge in [-0.05, 0) is 61.1 Å². The molecule has 2 fully saturated rings. The van der Waals surface area contributed by atoms with Crippen LogP contribution in [0.3, 0.4) is 0 Å². The third kappa shape index (κ3) is 4.78. The second kappa shape index (κ2) is 10.3. The summed E-state index contributed by atoms with van der Waals surface area (Å²) in [6.07, 6.45) is 10.3. The van der Waals surface area contributed by atoms with Gasteiger partial charge in [0.2, 0.25) is 0 Å². The Balaban J connectivity index is 1.34. The van der Waals surface area contributed by atoms with Crippen molar-refractivity contribution in [3.05, 3.63) is 77.5 Å². The topological polar surface area (TPSA) is 81.6 Å². The van der Waals surface area contributed by atoms with E-state index < -0.39 is 17.2 Å². The van der Waals surface area contributed by atoms with Crippen LogP contribution in [-0.4, -0.2) is 45.8 Å². The van der Waals surface area contributed by atoms with E-state index in [1.165, 1.54) is 12.1 Å². The Morgan fingerprint density at radius 1 is 1.08 bits per heavy atom.